The van der Waals surface area contributed by atoms with Crippen molar-refractivity contribution in [1.82, 2.24) is 10.6 Å². The molecule has 1 aliphatic heterocycles. The summed E-state index contributed by atoms with van der Waals surface area (Å²) in [6.45, 7) is 5.31. The molecule has 2 N–H and O–H groups in total. The van der Waals surface area contributed by atoms with Gasteiger partial charge < -0.3 is 15.4 Å². The number of carbonyl (C=O) groups is 1. The molecule has 1 atom stereocenters. The van der Waals surface area contributed by atoms with E-state index in [1.54, 1.807) is 0 Å². The van der Waals surface area contributed by atoms with Gasteiger partial charge in [-0.2, -0.15) is 0 Å². The largest absolute Gasteiger partial charge is 0.493 e. The van der Waals surface area contributed by atoms with Gasteiger partial charge in [0.15, 0.2) is 0 Å². The third-order valence-electron chi connectivity index (χ3n) is 3.34. The van der Waals surface area contributed by atoms with Crippen LogP contribution >= 0.6 is 0 Å². The topological polar surface area (TPSA) is 50.4 Å². The van der Waals surface area contributed by atoms with Gasteiger partial charge in [-0.1, -0.05) is 12.1 Å². The summed E-state index contributed by atoms with van der Waals surface area (Å²) in [4.78, 5) is 11.6. The van der Waals surface area contributed by atoms with Crippen molar-refractivity contribution in [3.8, 4) is 5.75 Å². The summed E-state index contributed by atoms with van der Waals surface area (Å²) in [7, 11) is 0. The highest BCUT2D eigenvalue weighted by atomic mass is 16.5. The number of ether oxygens (including phenoxy) is 1. The summed E-state index contributed by atoms with van der Waals surface area (Å²) in [5, 5.41) is 6.25. The maximum absolute atomic E-state index is 11.6. The van der Waals surface area contributed by atoms with Gasteiger partial charge in [-0.15, -0.1) is 0 Å². The zero-order valence-electron chi connectivity index (χ0n) is 11.4. The Morgan fingerprint density at radius 3 is 3.16 bits per heavy atom. The van der Waals surface area contributed by atoms with E-state index in [2.05, 4.69) is 10.6 Å². The number of rotatable bonds is 6. The maximum atomic E-state index is 11.6. The number of aryl methyl sites for hydroxylation is 1. The zero-order chi connectivity index (χ0) is 13.5. The molecule has 1 unspecified atom stereocenters. The van der Waals surface area contributed by atoms with E-state index in [4.69, 9.17) is 4.74 Å². The van der Waals surface area contributed by atoms with E-state index >= 15 is 0 Å². The van der Waals surface area contributed by atoms with E-state index in [1.165, 1.54) is 0 Å². The average Bonchev–Trinajstić information content (AvgIpc) is 2.89. The van der Waals surface area contributed by atoms with Crippen LogP contribution in [-0.4, -0.2) is 32.1 Å². The van der Waals surface area contributed by atoms with Crippen LogP contribution < -0.4 is 15.4 Å². The van der Waals surface area contributed by atoms with Crippen molar-refractivity contribution < 1.29 is 9.53 Å². The minimum Gasteiger partial charge on any atom is -0.493 e. The molecule has 0 bridgehead atoms. The number of hydrogen-bond donors (Lipinski definition) is 2. The fourth-order valence-electron chi connectivity index (χ4n) is 2.20. The highest BCUT2D eigenvalue weighted by molar-refractivity contribution is 5.75. The lowest BCUT2D eigenvalue weighted by Gasteiger charge is -2.10. The van der Waals surface area contributed by atoms with E-state index < -0.39 is 0 Å². The molecule has 2 rings (SSSR count). The third-order valence-corrected chi connectivity index (χ3v) is 3.34. The number of hydrogen-bond acceptors (Lipinski definition) is 3. The van der Waals surface area contributed by atoms with Gasteiger partial charge in [0.25, 0.3) is 0 Å². The number of amides is 1. The Hall–Kier alpha value is -1.55. The van der Waals surface area contributed by atoms with Gasteiger partial charge in [0.05, 0.1) is 13.0 Å². The Balaban J connectivity index is 1.60. The number of benzene rings is 1. The van der Waals surface area contributed by atoms with Crippen LogP contribution in [0.2, 0.25) is 0 Å². The average molecular weight is 262 g/mol. The number of nitrogens with one attached hydrogen (secondary N) is 2. The van der Waals surface area contributed by atoms with Crippen molar-refractivity contribution in [1.29, 1.82) is 0 Å². The van der Waals surface area contributed by atoms with Crippen molar-refractivity contribution in [3.63, 3.8) is 0 Å². The van der Waals surface area contributed by atoms with Crippen LogP contribution in [-0.2, 0) is 4.79 Å². The molecule has 0 saturated carbocycles. The number of carbonyl (C=O) groups excluding carboxylic acids is 1. The first-order valence-corrected chi connectivity index (χ1v) is 6.91. The van der Waals surface area contributed by atoms with Crippen LogP contribution in [0.25, 0.3) is 0 Å². The highest BCUT2D eigenvalue weighted by Gasteiger charge is 2.14. The lowest BCUT2D eigenvalue weighted by atomic mass is 10.1. The molecule has 0 aromatic heterocycles. The zero-order valence-corrected chi connectivity index (χ0v) is 11.4. The SMILES string of the molecule is Cc1cccc(OCCC(=O)NCC2CCNC2)c1. The van der Waals surface area contributed by atoms with E-state index in [9.17, 15) is 4.79 Å². The van der Waals surface area contributed by atoms with Crippen LogP contribution in [0.5, 0.6) is 5.75 Å². The van der Waals surface area contributed by atoms with Crippen LogP contribution in [0.1, 0.15) is 18.4 Å². The van der Waals surface area contributed by atoms with Gasteiger partial charge in [-0.05, 0) is 50.0 Å². The molecule has 1 fully saturated rings. The molecule has 19 heavy (non-hydrogen) atoms. The van der Waals surface area contributed by atoms with E-state index in [0.717, 1.165) is 37.4 Å². The van der Waals surface area contributed by atoms with Gasteiger partial charge in [-0.3, -0.25) is 4.79 Å². The van der Waals surface area contributed by atoms with Crippen molar-refractivity contribution in [2.45, 2.75) is 19.8 Å². The molecule has 4 nitrogen and oxygen atoms in total. The molecule has 104 valence electrons. The molecule has 1 amide bonds. The molecule has 0 spiro atoms. The van der Waals surface area contributed by atoms with Crippen LogP contribution in [0.15, 0.2) is 24.3 Å². The highest BCUT2D eigenvalue weighted by Crippen LogP contribution is 2.12. The maximum Gasteiger partial charge on any atom is 0.223 e. The van der Waals surface area contributed by atoms with Crippen molar-refractivity contribution >= 4 is 5.91 Å². The first kappa shape index (κ1) is 13.9. The third kappa shape index (κ3) is 4.91. The molecule has 0 aliphatic carbocycles. The Kier molecular flexibility index (Phi) is 5.21. The summed E-state index contributed by atoms with van der Waals surface area (Å²) in [5.41, 5.74) is 1.16. The monoisotopic (exact) mass is 262 g/mol. The van der Waals surface area contributed by atoms with Gasteiger partial charge in [0.1, 0.15) is 5.75 Å². The summed E-state index contributed by atoms with van der Waals surface area (Å²) in [6, 6.07) is 7.87. The quantitative estimate of drug-likeness (QED) is 0.816. The van der Waals surface area contributed by atoms with Gasteiger partial charge in [0.2, 0.25) is 5.91 Å². The van der Waals surface area contributed by atoms with Crippen molar-refractivity contribution in [3.05, 3.63) is 29.8 Å². The van der Waals surface area contributed by atoms with Gasteiger partial charge >= 0.3 is 0 Å². The minimum absolute atomic E-state index is 0.0690. The molecule has 1 aromatic rings. The van der Waals surface area contributed by atoms with E-state index in [1.807, 2.05) is 31.2 Å². The van der Waals surface area contributed by atoms with Crippen LogP contribution in [0.4, 0.5) is 0 Å². The van der Waals surface area contributed by atoms with Crippen molar-refractivity contribution in [2.24, 2.45) is 5.92 Å². The normalized spacial score (nSPS) is 18.3. The van der Waals surface area contributed by atoms with E-state index in [0.29, 0.717) is 18.9 Å². The minimum atomic E-state index is 0.0690. The van der Waals surface area contributed by atoms with Crippen molar-refractivity contribution in [2.75, 3.05) is 26.2 Å². The molecule has 1 heterocycles. The molecule has 0 radical (unpaired) electrons. The first-order chi connectivity index (χ1) is 9.24. The van der Waals surface area contributed by atoms with Crippen LogP contribution in [0.3, 0.4) is 0 Å². The van der Waals surface area contributed by atoms with Gasteiger partial charge in [0, 0.05) is 6.54 Å². The molecule has 4 heteroatoms. The molecule has 1 aliphatic rings. The Labute approximate surface area is 114 Å². The Morgan fingerprint density at radius 1 is 1.53 bits per heavy atom. The first-order valence-electron chi connectivity index (χ1n) is 6.91. The summed E-state index contributed by atoms with van der Waals surface area (Å²) >= 11 is 0. The standard InChI is InChI=1S/C15H22N2O2/c1-12-3-2-4-14(9-12)19-8-6-15(18)17-11-13-5-7-16-10-13/h2-4,9,13,16H,5-8,10-11H2,1H3,(H,17,18). The molecule has 1 aromatic carbocycles. The molecule has 1 saturated heterocycles. The van der Waals surface area contributed by atoms with Gasteiger partial charge in [-0.25, -0.2) is 0 Å². The second-order valence-electron chi connectivity index (χ2n) is 5.08. The molecular weight excluding hydrogens is 240 g/mol. The predicted molar refractivity (Wildman–Crippen MR) is 75.3 cm³/mol. The lowest BCUT2D eigenvalue weighted by Crippen LogP contribution is -2.31. The predicted octanol–water partition coefficient (Wildman–Crippen LogP) is 1.49. The second kappa shape index (κ2) is 7.14. The fraction of sp³-hybridized carbons (Fsp3) is 0.533. The Morgan fingerprint density at radius 2 is 2.42 bits per heavy atom. The lowest BCUT2D eigenvalue weighted by molar-refractivity contribution is -0.121. The summed E-state index contributed by atoms with van der Waals surface area (Å²) in [5.74, 6) is 1.48. The Bertz CT molecular complexity index is 414. The van der Waals surface area contributed by atoms with Crippen LogP contribution in [0, 0.1) is 12.8 Å². The summed E-state index contributed by atoms with van der Waals surface area (Å²) in [6.07, 6.45) is 1.56. The summed E-state index contributed by atoms with van der Waals surface area (Å²) < 4.78 is 5.56. The second-order valence-corrected chi connectivity index (χ2v) is 5.08. The fourth-order valence-corrected chi connectivity index (χ4v) is 2.20. The smallest absolute Gasteiger partial charge is 0.223 e. The van der Waals surface area contributed by atoms with E-state index in [-0.39, 0.29) is 5.91 Å². The molecular formula is C15H22N2O2.